The fourth-order valence-electron chi connectivity index (χ4n) is 4.99. The Hall–Kier alpha value is 0.0169. The number of hydrogen-bond donors (Lipinski definition) is 1. The van der Waals surface area contributed by atoms with Gasteiger partial charge in [0.05, 0.1) is 0 Å². The topological polar surface area (TPSA) is 53.7 Å². The molecule has 0 aromatic rings. The summed E-state index contributed by atoms with van der Waals surface area (Å²) >= 11 is 0. The molecule has 0 aromatic carbocycles. The molecule has 194 valence electrons. The normalized spacial score (nSPS) is 14.7. The van der Waals surface area contributed by atoms with Gasteiger partial charge in [-0.25, -0.2) is 0 Å². The molecule has 2 N–H and O–H groups in total. The lowest BCUT2D eigenvalue weighted by molar-refractivity contribution is -1.39. The quantitative estimate of drug-likeness (QED) is 0.0584. The smallest absolute Gasteiger partial charge is 0.247 e. The first-order chi connectivity index (χ1) is 15.2. The van der Waals surface area contributed by atoms with Crippen LogP contribution >= 0.6 is 0 Å². The van der Waals surface area contributed by atoms with Gasteiger partial charge in [-0.3, -0.25) is 5.73 Å². The molecule has 0 aliphatic heterocycles. The first-order valence-electron chi connectivity index (χ1n) is 13.6. The van der Waals surface area contributed by atoms with Gasteiger partial charge in [-0.1, -0.05) is 117 Å². The molecule has 0 rings (SSSR count). The van der Waals surface area contributed by atoms with Gasteiger partial charge < -0.3 is 0 Å². The Bertz CT molecular complexity index is 420. The van der Waals surface area contributed by atoms with Crippen molar-refractivity contribution in [3.05, 3.63) is 0 Å². The maximum absolute atomic E-state index is 6.88. The Morgan fingerprint density at radius 1 is 0.625 bits per heavy atom. The van der Waals surface area contributed by atoms with Crippen LogP contribution in [0.25, 0.3) is 0 Å². The zero-order valence-corrected chi connectivity index (χ0v) is 25.0. The third kappa shape index (κ3) is 13.7. The van der Waals surface area contributed by atoms with Gasteiger partial charge in [0, 0.05) is 23.1 Å². The van der Waals surface area contributed by atoms with Crippen LogP contribution in [0.15, 0.2) is 0 Å². The van der Waals surface area contributed by atoms with E-state index in [1.807, 2.05) is 0 Å². The number of hydroxylamine groups is 3. The highest BCUT2D eigenvalue weighted by Gasteiger charge is 2.55. The molecule has 0 saturated carbocycles. The summed E-state index contributed by atoms with van der Waals surface area (Å²) in [6, 6.07) is 0. The van der Waals surface area contributed by atoms with Crippen LogP contribution in [-0.2, 0) is 14.5 Å². The number of hydrogen-bond acceptors (Lipinski definition) is 4. The highest BCUT2D eigenvalue weighted by molar-refractivity contribution is 6.14. The largest absolute Gasteiger partial charge is 0.271 e. The predicted octanol–water partition coefficient (Wildman–Crippen LogP) is 6.75. The highest BCUT2D eigenvalue weighted by atomic mass is 28.1. The van der Waals surface area contributed by atoms with Gasteiger partial charge in [-0.15, -0.1) is 14.5 Å². The van der Waals surface area contributed by atoms with Gasteiger partial charge in [-0.2, -0.15) is 0 Å². The second kappa shape index (κ2) is 18.4. The zero-order chi connectivity index (χ0) is 24.3. The molecule has 0 aliphatic rings. The van der Waals surface area contributed by atoms with Crippen molar-refractivity contribution in [3.8, 4) is 0 Å². The highest BCUT2D eigenvalue weighted by Crippen LogP contribution is 2.39. The molecule has 32 heavy (non-hydrogen) atoms. The summed E-state index contributed by atoms with van der Waals surface area (Å²) in [5, 5.41) is 0.183. The number of nitrogens with zero attached hydrogens (tertiary/aromatic N) is 1. The molecule has 0 aromatic heterocycles. The van der Waals surface area contributed by atoms with E-state index in [-0.39, 0.29) is 5.04 Å². The first kappa shape index (κ1) is 32.0. The SMILES string of the molecule is CCCCCCCCCCCCCCCCCCC(N)(CC(C)(C)[SiH3])[N+](OC)(OC)OC. The molecule has 1 atom stereocenters. The van der Waals surface area contributed by atoms with E-state index in [9.17, 15) is 0 Å². The van der Waals surface area contributed by atoms with Crippen LogP contribution in [0.2, 0.25) is 5.04 Å². The van der Waals surface area contributed by atoms with Gasteiger partial charge >= 0.3 is 0 Å². The molecule has 5 nitrogen and oxygen atoms in total. The minimum Gasteiger partial charge on any atom is -0.271 e. The Balaban J connectivity index is 3.95. The van der Waals surface area contributed by atoms with Crippen LogP contribution < -0.4 is 5.73 Å². The van der Waals surface area contributed by atoms with E-state index in [4.69, 9.17) is 20.2 Å². The van der Waals surface area contributed by atoms with E-state index in [2.05, 4.69) is 20.8 Å². The van der Waals surface area contributed by atoms with Crippen LogP contribution in [0.1, 0.15) is 136 Å². The van der Waals surface area contributed by atoms with Crippen LogP contribution in [0.4, 0.5) is 0 Å². The first-order valence-corrected chi connectivity index (χ1v) is 14.6. The van der Waals surface area contributed by atoms with E-state index in [0.717, 1.165) is 29.5 Å². The maximum atomic E-state index is 6.88. The predicted molar refractivity (Wildman–Crippen MR) is 141 cm³/mol. The molecule has 6 heteroatoms. The lowest BCUT2D eigenvalue weighted by Crippen LogP contribution is -2.68. The molecule has 0 fully saturated rings. The van der Waals surface area contributed by atoms with Crippen LogP contribution in [0, 0.1) is 0 Å². The molecule has 0 bridgehead atoms. The van der Waals surface area contributed by atoms with Crippen LogP contribution in [0.5, 0.6) is 0 Å². The van der Waals surface area contributed by atoms with E-state index in [1.165, 1.54) is 96.3 Å². The van der Waals surface area contributed by atoms with Crippen molar-refractivity contribution in [3.63, 3.8) is 0 Å². The number of quaternary nitrogens is 1. The molecular formula is C26H59N2O3Si+. The summed E-state index contributed by atoms with van der Waals surface area (Å²) in [6.07, 6.45) is 23.5. The molecule has 1 unspecified atom stereocenters. The summed E-state index contributed by atoms with van der Waals surface area (Å²) < 4.78 is 0. The van der Waals surface area contributed by atoms with E-state index < -0.39 is 10.6 Å². The Labute approximate surface area is 204 Å². The molecule has 0 spiro atoms. The van der Waals surface area contributed by atoms with Crippen molar-refractivity contribution in [2.45, 2.75) is 147 Å². The molecule has 0 radical (unpaired) electrons. The van der Waals surface area contributed by atoms with Gasteiger partial charge in [0.2, 0.25) is 5.66 Å². The van der Waals surface area contributed by atoms with Crippen LogP contribution in [-0.4, -0.2) is 42.2 Å². The maximum Gasteiger partial charge on any atom is 0.247 e. The molecule has 0 amide bonds. The van der Waals surface area contributed by atoms with Crippen molar-refractivity contribution in [2.75, 3.05) is 21.3 Å². The second-order valence-corrected chi connectivity index (χ2v) is 13.6. The summed E-state index contributed by atoms with van der Waals surface area (Å²) in [6.45, 7) is 6.80. The van der Waals surface area contributed by atoms with Crippen molar-refractivity contribution < 1.29 is 19.5 Å². The van der Waals surface area contributed by atoms with Crippen molar-refractivity contribution in [2.24, 2.45) is 5.73 Å². The van der Waals surface area contributed by atoms with Crippen molar-refractivity contribution in [1.82, 2.24) is 0 Å². The average molecular weight is 476 g/mol. The number of unbranched alkanes of at least 4 members (excludes halogenated alkanes) is 15. The van der Waals surface area contributed by atoms with Gasteiger partial charge in [0.25, 0.3) is 0 Å². The minimum absolute atomic E-state index is 0.183. The molecule has 0 saturated heterocycles. The van der Waals surface area contributed by atoms with E-state index in [1.54, 1.807) is 21.3 Å². The lowest BCUT2D eigenvalue weighted by atomic mass is 9.91. The minimum atomic E-state index is -0.709. The summed E-state index contributed by atoms with van der Waals surface area (Å²) in [5.74, 6) is 0. The Kier molecular flexibility index (Phi) is 18.4. The molecule has 0 heterocycles. The third-order valence-corrected chi connectivity index (χ3v) is 6.92. The van der Waals surface area contributed by atoms with Crippen LogP contribution in [0.3, 0.4) is 0 Å². The fraction of sp³-hybridized carbons (Fsp3) is 1.00. The van der Waals surface area contributed by atoms with E-state index in [0.29, 0.717) is 0 Å². The number of rotatable bonds is 23. The Morgan fingerprint density at radius 2 is 0.938 bits per heavy atom. The van der Waals surface area contributed by atoms with Gasteiger partial charge in [0.1, 0.15) is 26.3 Å². The Morgan fingerprint density at radius 3 is 1.22 bits per heavy atom. The third-order valence-electron chi connectivity index (χ3n) is 6.57. The van der Waals surface area contributed by atoms with Gasteiger partial charge in [0.15, 0.2) is 0 Å². The molecule has 0 aliphatic carbocycles. The summed E-state index contributed by atoms with van der Waals surface area (Å²) in [4.78, 5) is 16.4. The summed E-state index contributed by atoms with van der Waals surface area (Å²) in [5.41, 5.74) is 6.17. The average Bonchev–Trinajstić information content (AvgIpc) is 2.73. The monoisotopic (exact) mass is 475 g/mol. The van der Waals surface area contributed by atoms with Crippen molar-refractivity contribution in [1.29, 1.82) is 0 Å². The van der Waals surface area contributed by atoms with E-state index >= 15 is 0 Å². The summed E-state index contributed by atoms with van der Waals surface area (Å²) in [7, 11) is 5.85. The second-order valence-electron chi connectivity index (χ2n) is 10.9. The van der Waals surface area contributed by atoms with Gasteiger partial charge in [-0.05, 0) is 11.5 Å². The molecular weight excluding hydrogens is 416 g/mol. The standard InChI is InChI=1S/C26H59N2O3Si/c1-7-8-9-10-11-12-13-14-15-16-17-18-19-20-21-22-23-26(27,24-25(2,3)32)28(29-4,30-5)31-6/h7-24,27H2,1-6,32H3/q+1. The zero-order valence-electron chi connectivity index (χ0n) is 23.0. The van der Waals surface area contributed by atoms with Crippen molar-refractivity contribution >= 4 is 10.2 Å². The lowest BCUT2D eigenvalue weighted by Gasteiger charge is -2.42. The fourth-order valence-corrected chi connectivity index (χ4v) is 5.60. The number of nitrogens with two attached hydrogens (primary N) is 1.